The zero-order valence-electron chi connectivity index (χ0n) is 19.2. The third kappa shape index (κ3) is 5.28. The molecule has 0 amide bonds. The van der Waals surface area contributed by atoms with Gasteiger partial charge in [-0.15, -0.1) is 0 Å². The van der Waals surface area contributed by atoms with Crippen LogP contribution in [0.15, 0.2) is 90.8 Å². The van der Waals surface area contributed by atoms with Crippen LogP contribution in [0.4, 0.5) is 0 Å². The molecule has 7 heteroatoms. The third-order valence-corrected chi connectivity index (χ3v) is 5.49. The summed E-state index contributed by atoms with van der Waals surface area (Å²) in [6, 6.07) is 21.8. The first-order valence-corrected chi connectivity index (χ1v) is 10.9. The maximum Gasteiger partial charge on any atom is 0.315 e. The molecule has 1 atom stereocenters. The number of methoxy groups -OCH3 is 1. The van der Waals surface area contributed by atoms with Gasteiger partial charge in [0.2, 0.25) is 5.88 Å². The van der Waals surface area contributed by atoms with Gasteiger partial charge in [0.05, 0.1) is 19.4 Å². The Hall–Kier alpha value is -4.70. The molecule has 4 rings (SSSR count). The summed E-state index contributed by atoms with van der Waals surface area (Å²) in [5.41, 5.74) is 8.74. The molecule has 35 heavy (non-hydrogen) atoms. The second kappa shape index (κ2) is 10.5. The Morgan fingerprint density at radius 1 is 1.11 bits per heavy atom. The molecule has 2 N–H and O–H groups in total. The first kappa shape index (κ1) is 23.5. The lowest BCUT2D eigenvalue weighted by atomic mass is 9.83. The SMILES string of the molecule is C=CCOc1cccc(C2C(C#N)=C(N)Oc3cc(OC(=O)Cc4ccc(OC)cc4)ccc32)c1. The van der Waals surface area contributed by atoms with E-state index in [0.717, 1.165) is 16.7 Å². The highest BCUT2D eigenvalue weighted by atomic mass is 16.5. The van der Waals surface area contributed by atoms with E-state index < -0.39 is 11.9 Å². The van der Waals surface area contributed by atoms with E-state index in [2.05, 4.69) is 12.6 Å². The van der Waals surface area contributed by atoms with Crippen molar-refractivity contribution in [3.8, 4) is 29.1 Å². The van der Waals surface area contributed by atoms with Crippen LogP contribution < -0.4 is 24.7 Å². The number of nitriles is 1. The van der Waals surface area contributed by atoms with Crippen LogP contribution in [-0.2, 0) is 11.2 Å². The largest absolute Gasteiger partial charge is 0.497 e. The van der Waals surface area contributed by atoms with Gasteiger partial charge in [-0.25, -0.2) is 0 Å². The Morgan fingerprint density at radius 3 is 2.60 bits per heavy atom. The number of ether oxygens (including phenoxy) is 4. The summed E-state index contributed by atoms with van der Waals surface area (Å²) in [4.78, 5) is 12.5. The Bertz CT molecular complexity index is 1320. The molecule has 3 aromatic carbocycles. The zero-order valence-corrected chi connectivity index (χ0v) is 19.2. The number of hydrogen-bond acceptors (Lipinski definition) is 7. The number of benzene rings is 3. The highest BCUT2D eigenvalue weighted by molar-refractivity contribution is 5.75. The molecule has 1 aliphatic rings. The molecule has 0 radical (unpaired) electrons. The topological polar surface area (TPSA) is 104 Å². The number of nitrogens with two attached hydrogens (primary N) is 1. The molecule has 176 valence electrons. The van der Waals surface area contributed by atoms with E-state index in [0.29, 0.717) is 35.2 Å². The number of carbonyl (C=O) groups is 1. The minimum atomic E-state index is -0.458. The predicted octanol–water partition coefficient (Wildman–Crippen LogP) is 4.63. The first-order valence-electron chi connectivity index (χ1n) is 10.9. The van der Waals surface area contributed by atoms with Gasteiger partial charge in [0, 0.05) is 11.6 Å². The lowest BCUT2D eigenvalue weighted by Crippen LogP contribution is -2.21. The molecule has 0 fully saturated rings. The van der Waals surface area contributed by atoms with E-state index in [1.54, 1.807) is 43.5 Å². The van der Waals surface area contributed by atoms with Crippen LogP contribution in [0, 0.1) is 11.3 Å². The van der Waals surface area contributed by atoms with E-state index in [4.69, 9.17) is 24.7 Å². The average molecular weight is 469 g/mol. The summed E-state index contributed by atoms with van der Waals surface area (Å²) < 4.78 is 22.1. The first-order chi connectivity index (χ1) is 17.0. The minimum absolute atomic E-state index is 0.00382. The highest BCUT2D eigenvalue weighted by Gasteiger charge is 2.31. The maximum atomic E-state index is 12.5. The highest BCUT2D eigenvalue weighted by Crippen LogP contribution is 2.44. The smallest absolute Gasteiger partial charge is 0.315 e. The minimum Gasteiger partial charge on any atom is -0.497 e. The van der Waals surface area contributed by atoms with Crippen LogP contribution in [0.2, 0.25) is 0 Å². The van der Waals surface area contributed by atoms with Crippen LogP contribution >= 0.6 is 0 Å². The van der Waals surface area contributed by atoms with Crippen molar-refractivity contribution in [2.45, 2.75) is 12.3 Å². The van der Waals surface area contributed by atoms with E-state index in [1.165, 1.54) is 0 Å². The van der Waals surface area contributed by atoms with Crippen molar-refractivity contribution in [3.05, 3.63) is 108 Å². The number of fused-ring (bicyclic) bond motifs is 1. The lowest BCUT2D eigenvalue weighted by molar-refractivity contribution is -0.133. The molecule has 0 aromatic heterocycles. The number of rotatable bonds is 8. The number of allylic oxidation sites excluding steroid dienone is 1. The molecule has 0 saturated heterocycles. The molecule has 7 nitrogen and oxygen atoms in total. The fraction of sp³-hybridized carbons (Fsp3) is 0.143. The lowest BCUT2D eigenvalue weighted by Gasteiger charge is -2.27. The number of esters is 1. The van der Waals surface area contributed by atoms with Crippen LogP contribution in [0.1, 0.15) is 22.6 Å². The molecule has 1 heterocycles. The van der Waals surface area contributed by atoms with E-state index in [1.807, 2.05) is 36.4 Å². The van der Waals surface area contributed by atoms with Gasteiger partial charge in [-0.3, -0.25) is 4.79 Å². The van der Waals surface area contributed by atoms with Gasteiger partial charge in [-0.1, -0.05) is 43.0 Å². The molecular weight excluding hydrogens is 444 g/mol. The molecule has 0 aliphatic carbocycles. The third-order valence-electron chi connectivity index (χ3n) is 5.49. The summed E-state index contributed by atoms with van der Waals surface area (Å²) in [7, 11) is 1.58. The number of carbonyl (C=O) groups excluding carboxylic acids is 1. The molecular formula is C28H24N2O5. The quantitative estimate of drug-likeness (QED) is 0.292. The standard InChI is InChI=1S/C28H24N2O5/c1-3-13-33-21-6-4-5-19(15-21)27-23-12-11-22(16-25(23)35-28(30)24(27)17-29)34-26(31)14-18-7-9-20(32-2)10-8-18/h3-12,15-16,27H,1,13-14,30H2,2H3. The second-order valence-corrected chi connectivity index (χ2v) is 7.80. The van der Waals surface area contributed by atoms with Crippen LogP contribution in [0.25, 0.3) is 0 Å². The predicted molar refractivity (Wildman–Crippen MR) is 130 cm³/mol. The van der Waals surface area contributed by atoms with Crippen molar-refractivity contribution in [2.24, 2.45) is 5.73 Å². The Kier molecular flexibility index (Phi) is 7.03. The summed E-state index contributed by atoms with van der Waals surface area (Å²) in [5.74, 6) is 1.22. The fourth-order valence-electron chi connectivity index (χ4n) is 3.86. The van der Waals surface area contributed by atoms with Gasteiger partial charge in [0.25, 0.3) is 0 Å². The van der Waals surface area contributed by atoms with Crippen molar-refractivity contribution < 1.29 is 23.7 Å². The Labute approximate surface area is 203 Å². The fourth-order valence-corrected chi connectivity index (χ4v) is 3.86. The number of nitrogens with zero attached hydrogens (tertiary/aromatic N) is 1. The van der Waals surface area contributed by atoms with Crippen LogP contribution in [-0.4, -0.2) is 19.7 Å². The summed E-state index contributed by atoms with van der Waals surface area (Å²) >= 11 is 0. The van der Waals surface area contributed by atoms with E-state index >= 15 is 0 Å². The van der Waals surface area contributed by atoms with Crippen molar-refractivity contribution in [2.75, 3.05) is 13.7 Å². The van der Waals surface area contributed by atoms with Crippen molar-refractivity contribution in [1.29, 1.82) is 5.26 Å². The Morgan fingerprint density at radius 2 is 1.89 bits per heavy atom. The zero-order chi connectivity index (χ0) is 24.8. The monoisotopic (exact) mass is 468 g/mol. The summed E-state index contributed by atoms with van der Waals surface area (Å²) in [5, 5.41) is 9.79. The van der Waals surface area contributed by atoms with Crippen molar-refractivity contribution in [1.82, 2.24) is 0 Å². The second-order valence-electron chi connectivity index (χ2n) is 7.80. The van der Waals surface area contributed by atoms with Gasteiger partial charge >= 0.3 is 5.97 Å². The van der Waals surface area contributed by atoms with Gasteiger partial charge in [0.1, 0.15) is 41.2 Å². The van der Waals surface area contributed by atoms with E-state index in [9.17, 15) is 10.1 Å². The Balaban J connectivity index is 1.58. The van der Waals surface area contributed by atoms with Gasteiger partial charge in [0.15, 0.2) is 0 Å². The van der Waals surface area contributed by atoms with Crippen molar-refractivity contribution in [3.63, 3.8) is 0 Å². The van der Waals surface area contributed by atoms with Gasteiger partial charge in [-0.2, -0.15) is 5.26 Å². The average Bonchev–Trinajstić information content (AvgIpc) is 2.87. The molecule has 3 aromatic rings. The molecule has 1 unspecified atom stereocenters. The number of hydrogen-bond donors (Lipinski definition) is 1. The molecule has 1 aliphatic heterocycles. The van der Waals surface area contributed by atoms with Crippen LogP contribution in [0.5, 0.6) is 23.0 Å². The van der Waals surface area contributed by atoms with Crippen molar-refractivity contribution >= 4 is 5.97 Å². The summed E-state index contributed by atoms with van der Waals surface area (Å²) in [6.45, 7) is 4.03. The maximum absolute atomic E-state index is 12.5. The summed E-state index contributed by atoms with van der Waals surface area (Å²) in [6.07, 6.45) is 1.76. The molecule has 0 spiro atoms. The van der Waals surface area contributed by atoms with Crippen LogP contribution in [0.3, 0.4) is 0 Å². The normalized spacial score (nSPS) is 14.2. The molecule has 0 saturated carbocycles. The van der Waals surface area contributed by atoms with E-state index in [-0.39, 0.29) is 12.3 Å². The molecule has 0 bridgehead atoms. The van der Waals surface area contributed by atoms with Gasteiger partial charge < -0.3 is 24.7 Å². The van der Waals surface area contributed by atoms with Gasteiger partial charge in [-0.05, 0) is 41.5 Å².